The van der Waals surface area contributed by atoms with Gasteiger partial charge in [-0.05, 0) is 24.6 Å². The molecule has 0 fully saturated rings. The van der Waals surface area contributed by atoms with Crippen LogP contribution >= 0.6 is 22.7 Å². The van der Waals surface area contributed by atoms with Gasteiger partial charge in [0.15, 0.2) is 5.13 Å². The van der Waals surface area contributed by atoms with Crippen molar-refractivity contribution in [1.82, 2.24) is 29.6 Å². The molecule has 0 radical (unpaired) electrons. The van der Waals surface area contributed by atoms with Gasteiger partial charge in [0, 0.05) is 11.6 Å². The normalized spacial score (nSPS) is 11.6. The number of nitrogens with one attached hydrogen (secondary N) is 1. The molecule has 4 rings (SSSR count). The Bertz CT molecular complexity index is 1290. The predicted octanol–water partition coefficient (Wildman–Crippen LogP) is 3.25. The van der Waals surface area contributed by atoms with Crippen LogP contribution in [0.15, 0.2) is 47.0 Å². The maximum Gasteiger partial charge on any atom is 0.416 e. The Balaban J connectivity index is 1.50. The second-order valence-corrected chi connectivity index (χ2v) is 8.61. The van der Waals surface area contributed by atoms with E-state index in [4.69, 9.17) is 0 Å². The maximum atomic E-state index is 12.7. The number of aromatic nitrogens is 5. The van der Waals surface area contributed by atoms with Gasteiger partial charge >= 0.3 is 11.9 Å². The van der Waals surface area contributed by atoms with E-state index in [0.717, 1.165) is 33.2 Å². The highest BCUT2D eigenvalue weighted by Crippen LogP contribution is 2.29. The lowest BCUT2D eigenvalue weighted by Crippen LogP contribution is -2.24. The summed E-state index contributed by atoms with van der Waals surface area (Å²) in [7, 11) is 0. The van der Waals surface area contributed by atoms with Gasteiger partial charge in [-0.1, -0.05) is 23.5 Å². The number of aryl methyl sites for hydroxylation is 1. The summed E-state index contributed by atoms with van der Waals surface area (Å²) in [5.41, 5.74) is -0.335. The molecule has 0 atom stereocenters. The molecule has 8 nitrogen and oxygen atoms in total. The summed E-state index contributed by atoms with van der Waals surface area (Å²) in [6, 6.07) is 4.51. The molecule has 0 spiro atoms. The van der Waals surface area contributed by atoms with Crippen LogP contribution in [0, 0.1) is 6.92 Å². The zero-order valence-electron chi connectivity index (χ0n) is 16.5. The number of rotatable bonds is 6. The average Bonchev–Trinajstić information content (AvgIpc) is 3.47. The number of benzene rings is 1. The molecule has 1 aromatic carbocycles. The molecule has 1 N–H and O–H groups in total. The van der Waals surface area contributed by atoms with E-state index in [9.17, 15) is 22.8 Å². The fourth-order valence-corrected chi connectivity index (χ4v) is 4.32. The third-order valence-electron chi connectivity index (χ3n) is 4.43. The Morgan fingerprint density at radius 3 is 2.62 bits per heavy atom. The molecule has 0 aliphatic heterocycles. The van der Waals surface area contributed by atoms with Crippen molar-refractivity contribution in [2.75, 3.05) is 0 Å². The summed E-state index contributed by atoms with van der Waals surface area (Å²) in [5.74, 6) is -0.327. The summed E-state index contributed by atoms with van der Waals surface area (Å²) < 4.78 is 40.4. The summed E-state index contributed by atoms with van der Waals surface area (Å²) in [6.07, 6.45) is -1.51. The summed E-state index contributed by atoms with van der Waals surface area (Å²) in [5, 5.41) is 9.63. The Hall–Kier alpha value is -3.32. The molecule has 0 saturated heterocycles. The number of amides is 1. The molecule has 4 aromatic rings. The van der Waals surface area contributed by atoms with E-state index in [1.54, 1.807) is 13.1 Å². The molecular weight excluding hydrogens is 465 g/mol. The number of alkyl halides is 3. The molecule has 0 saturated carbocycles. The van der Waals surface area contributed by atoms with Gasteiger partial charge in [0.1, 0.15) is 16.2 Å². The predicted molar refractivity (Wildman–Crippen MR) is 112 cm³/mol. The minimum Gasteiger partial charge on any atom is -0.345 e. The second kappa shape index (κ2) is 8.67. The van der Waals surface area contributed by atoms with Crippen LogP contribution in [0.4, 0.5) is 13.2 Å². The van der Waals surface area contributed by atoms with Crippen LogP contribution in [-0.2, 0) is 19.3 Å². The molecule has 3 aromatic heterocycles. The van der Waals surface area contributed by atoms with Crippen LogP contribution in [-0.4, -0.2) is 30.2 Å². The Labute approximate surface area is 187 Å². The topological polar surface area (TPSA) is 94.7 Å². The molecule has 0 bridgehead atoms. The smallest absolute Gasteiger partial charge is 0.345 e. The molecule has 1 amide bonds. The van der Waals surface area contributed by atoms with Crippen LogP contribution in [0.5, 0.6) is 0 Å². The van der Waals surface area contributed by atoms with E-state index in [-0.39, 0.29) is 24.1 Å². The third kappa shape index (κ3) is 4.62. The summed E-state index contributed by atoms with van der Waals surface area (Å²) >= 11 is 2.46. The number of carbonyl (C=O) groups is 1. The highest BCUT2D eigenvalue weighted by Gasteiger charge is 2.30. The van der Waals surface area contributed by atoms with Crippen molar-refractivity contribution in [3.05, 3.63) is 79.4 Å². The van der Waals surface area contributed by atoms with Crippen molar-refractivity contribution in [2.24, 2.45) is 0 Å². The van der Waals surface area contributed by atoms with Crippen molar-refractivity contribution in [1.29, 1.82) is 0 Å². The minimum absolute atomic E-state index is 0.00448. The minimum atomic E-state index is -4.43. The van der Waals surface area contributed by atoms with Gasteiger partial charge in [-0.3, -0.25) is 4.79 Å². The molecule has 166 valence electrons. The molecule has 3 heterocycles. The molecule has 13 heteroatoms. The fraction of sp³-hybridized carbons (Fsp3) is 0.211. The van der Waals surface area contributed by atoms with Gasteiger partial charge in [0.05, 0.1) is 24.3 Å². The Morgan fingerprint density at radius 2 is 1.97 bits per heavy atom. The van der Waals surface area contributed by atoms with E-state index in [0.29, 0.717) is 16.1 Å². The van der Waals surface area contributed by atoms with Gasteiger partial charge in [-0.2, -0.15) is 18.3 Å². The molecule has 0 aliphatic carbocycles. The first kappa shape index (κ1) is 21.9. The van der Waals surface area contributed by atoms with Gasteiger partial charge in [-0.25, -0.2) is 24.0 Å². The van der Waals surface area contributed by atoms with E-state index in [1.807, 2.05) is 5.38 Å². The van der Waals surface area contributed by atoms with E-state index in [1.165, 1.54) is 34.4 Å². The van der Waals surface area contributed by atoms with Crippen molar-refractivity contribution in [3.63, 3.8) is 0 Å². The van der Waals surface area contributed by atoms with Crippen molar-refractivity contribution < 1.29 is 18.0 Å². The van der Waals surface area contributed by atoms with Crippen LogP contribution in [0.1, 0.15) is 31.5 Å². The molecule has 0 unspecified atom stereocenters. The van der Waals surface area contributed by atoms with Crippen LogP contribution in [0.25, 0.3) is 5.13 Å². The highest BCUT2D eigenvalue weighted by molar-refractivity contribution is 7.16. The first-order chi connectivity index (χ1) is 15.2. The first-order valence-corrected chi connectivity index (χ1v) is 10.9. The Morgan fingerprint density at radius 1 is 1.22 bits per heavy atom. The van der Waals surface area contributed by atoms with Crippen LogP contribution in [0.3, 0.4) is 0 Å². The number of halogens is 3. The maximum absolute atomic E-state index is 12.7. The van der Waals surface area contributed by atoms with Crippen molar-refractivity contribution >= 4 is 28.6 Å². The lowest BCUT2D eigenvalue weighted by atomic mass is 10.1. The largest absolute Gasteiger partial charge is 0.416 e. The van der Waals surface area contributed by atoms with Crippen molar-refractivity contribution in [2.45, 2.75) is 26.2 Å². The van der Waals surface area contributed by atoms with Gasteiger partial charge in [-0.15, -0.1) is 11.3 Å². The number of thiazole rings is 2. The van der Waals surface area contributed by atoms with Gasteiger partial charge in [0.25, 0.3) is 5.91 Å². The fourth-order valence-electron chi connectivity index (χ4n) is 2.82. The second-order valence-electron chi connectivity index (χ2n) is 6.66. The van der Waals surface area contributed by atoms with E-state index >= 15 is 0 Å². The van der Waals surface area contributed by atoms with Gasteiger partial charge in [0.2, 0.25) is 0 Å². The number of hydrogen-bond acceptors (Lipinski definition) is 7. The van der Waals surface area contributed by atoms with E-state index < -0.39 is 17.4 Å². The quantitative estimate of drug-likeness (QED) is 0.457. The Kier molecular flexibility index (Phi) is 5.93. The molecule has 32 heavy (non-hydrogen) atoms. The third-order valence-corrected chi connectivity index (χ3v) is 6.36. The summed E-state index contributed by atoms with van der Waals surface area (Å²) in [4.78, 5) is 34.0. The van der Waals surface area contributed by atoms with E-state index in [2.05, 4.69) is 20.4 Å². The molecular formula is C19H15F3N6O2S2. The van der Waals surface area contributed by atoms with Crippen LogP contribution in [0.2, 0.25) is 0 Å². The van der Waals surface area contributed by atoms with Gasteiger partial charge < -0.3 is 5.32 Å². The number of nitrogens with zero attached hydrogens (tertiary/aromatic N) is 5. The lowest BCUT2D eigenvalue weighted by molar-refractivity contribution is -0.137. The van der Waals surface area contributed by atoms with Crippen molar-refractivity contribution in [3.8, 4) is 5.13 Å². The zero-order valence-corrected chi connectivity index (χ0v) is 18.1. The first-order valence-electron chi connectivity index (χ1n) is 9.17. The average molecular weight is 480 g/mol. The SMILES string of the molecule is Cc1nc(-n2cnn(Cc3ccc(C(F)(F)F)cc3)c2=O)sc1C(=O)NCc1nccs1. The zero-order chi connectivity index (χ0) is 22.9. The lowest BCUT2D eigenvalue weighted by Gasteiger charge is -2.07. The highest BCUT2D eigenvalue weighted by atomic mass is 32.1. The standard InChI is InChI=1S/C19H15F3N6O2S2/c1-11-15(16(29)24-8-14-23-6-7-31-14)32-17(26-11)27-10-25-28(18(27)30)9-12-2-4-13(5-3-12)19(20,21)22/h2-7,10H,8-9H2,1H3,(H,24,29). The monoisotopic (exact) mass is 480 g/mol. The van der Waals surface area contributed by atoms with Crippen LogP contribution < -0.4 is 11.0 Å². The summed E-state index contributed by atoms with van der Waals surface area (Å²) in [6.45, 7) is 1.94. The number of carbonyl (C=O) groups excluding carboxylic acids is 1. The number of hydrogen-bond donors (Lipinski definition) is 1. The molecule has 0 aliphatic rings.